The number of nitrogens with zero attached hydrogens (tertiary/aromatic N) is 1. The van der Waals surface area contributed by atoms with Gasteiger partial charge in [0.1, 0.15) is 12.2 Å². The average molecular weight is 264 g/mol. The Morgan fingerprint density at radius 3 is 2.88 bits per heavy atom. The summed E-state index contributed by atoms with van der Waals surface area (Å²) in [5.41, 5.74) is 0. The highest BCUT2D eigenvalue weighted by Crippen LogP contribution is 2.27. The van der Waals surface area contributed by atoms with Crippen LogP contribution in [0.4, 0.5) is 9.18 Å². The predicted molar refractivity (Wildman–Crippen MR) is 59.1 cm³/mol. The number of rotatable bonds is 2. The average Bonchev–Trinajstić information content (AvgIpc) is 2.57. The Hall–Kier alpha value is -0.830. The van der Waals surface area contributed by atoms with E-state index in [0.29, 0.717) is 11.4 Å². The van der Waals surface area contributed by atoms with E-state index in [4.69, 9.17) is 22.1 Å². The van der Waals surface area contributed by atoms with Gasteiger partial charge in [0.2, 0.25) is 0 Å². The lowest BCUT2D eigenvalue weighted by atomic mass is 10.1. The molecule has 2 aliphatic rings. The Morgan fingerprint density at radius 1 is 1.65 bits per heavy atom. The first-order valence-electron chi connectivity index (χ1n) is 5.23. The van der Waals surface area contributed by atoms with Crippen LogP contribution < -0.4 is 5.32 Å². The Balaban J connectivity index is 2.08. The molecule has 96 valence electrons. The fraction of sp³-hybridized carbons (Fsp3) is 0.778. The van der Waals surface area contributed by atoms with E-state index in [-0.39, 0.29) is 6.54 Å². The number of urea groups is 1. The number of aliphatic hydroxyl groups excluding tert-OH is 2. The quantitative estimate of drug-likeness (QED) is 0.566. The highest BCUT2D eigenvalue weighted by Gasteiger charge is 2.48. The fourth-order valence-electron chi connectivity index (χ4n) is 1.92. The smallest absolute Gasteiger partial charge is 0.324 e. The lowest BCUT2D eigenvalue weighted by Crippen LogP contribution is -2.55. The van der Waals surface area contributed by atoms with Gasteiger partial charge in [-0.1, -0.05) is 12.2 Å². The normalized spacial score (nSPS) is 38.4. The number of thiocarbonyl (C=S) groups is 1. The van der Waals surface area contributed by atoms with E-state index in [9.17, 15) is 14.3 Å². The van der Waals surface area contributed by atoms with Crippen LogP contribution in [0.2, 0.25) is 0 Å². The number of ether oxygens (including phenoxy) is 1. The number of carbonyl (C=O) groups is 1. The van der Waals surface area contributed by atoms with Crippen molar-refractivity contribution < 1.29 is 24.1 Å². The number of hydrogen-bond acceptors (Lipinski definition) is 5. The Labute approximate surface area is 102 Å². The topological polar surface area (TPSA) is 82.0 Å². The summed E-state index contributed by atoms with van der Waals surface area (Å²) in [6, 6.07) is -0.542. The van der Waals surface area contributed by atoms with E-state index in [1.54, 1.807) is 0 Å². The molecule has 3 N–H and O–H groups in total. The maximum atomic E-state index is 13.7. The highest BCUT2D eigenvalue weighted by atomic mass is 32.1. The minimum Gasteiger partial charge on any atom is -0.394 e. The van der Waals surface area contributed by atoms with Gasteiger partial charge in [0.05, 0.1) is 11.6 Å². The standard InChI is InChI=1S/C9H13FN2O4S/c10-6-7(14)4(3-13)16-8(6)12-2-1-5(17)11-9(12)15/h4,6-8,13-14H,1-3H2,(H,11,15,17)/t4-,6-,7-,8-/m1/s1. The van der Waals surface area contributed by atoms with Gasteiger partial charge in [-0.25, -0.2) is 9.18 Å². The molecule has 0 spiro atoms. The van der Waals surface area contributed by atoms with Crippen LogP contribution in [0.15, 0.2) is 0 Å². The van der Waals surface area contributed by atoms with Crippen molar-refractivity contribution in [2.45, 2.75) is 31.0 Å². The Bertz CT molecular complexity index is 343. The number of alkyl halides is 1. The molecule has 8 heteroatoms. The van der Waals surface area contributed by atoms with Gasteiger partial charge in [-0.05, 0) is 0 Å². The van der Waals surface area contributed by atoms with Gasteiger partial charge < -0.3 is 20.3 Å². The number of carbonyl (C=O) groups excluding carboxylic acids is 1. The zero-order chi connectivity index (χ0) is 12.6. The van der Waals surface area contributed by atoms with Gasteiger partial charge >= 0.3 is 6.03 Å². The molecule has 17 heavy (non-hydrogen) atoms. The van der Waals surface area contributed by atoms with Crippen LogP contribution in [-0.4, -0.2) is 63.9 Å². The molecule has 2 aliphatic heterocycles. The van der Waals surface area contributed by atoms with Crippen LogP contribution in [-0.2, 0) is 4.74 Å². The lowest BCUT2D eigenvalue weighted by Gasteiger charge is -2.33. The molecule has 6 nitrogen and oxygen atoms in total. The second-order valence-electron chi connectivity index (χ2n) is 3.98. The summed E-state index contributed by atoms with van der Waals surface area (Å²) >= 11 is 4.83. The Kier molecular flexibility index (Phi) is 3.57. The second kappa shape index (κ2) is 4.81. The summed E-state index contributed by atoms with van der Waals surface area (Å²) in [6.07, 6.45) is -4.91. The summed E-state index contributed by atoms with van der Waals surface area (Å²) in [5, 5.41) is 20.7. The molecule has 0 saturated carbocycles. The fourth-order valence-corrected chi connectivity index (χ4v) is 2.10. The summed E-state index contributed by atoms with van der Waals surface area (Å²) < 4.78 is 18.9. The van der Waals surface area contributed by atoms with Crippen molar-refractivity contribution in [3.05, 3.63) is 0 Å². The van der Waals surface area contributed by atoms with E-state index in [1.165, 1.54) is 0 Å². The van der Waals surface area contributed by atoms with Gasteiger partial charge in [0, 0.05) is 13.0 Å². The minimum absolute atomic E-state index is 0.237. The molecule has 2 rings (SSSR count). The summed E-state index contributed by atoms with van der Waals surface area (Å²) in [6.45, 7) is -0.257. The molecule has 0 radical (unpaired) electrons. The van der Waals surface area contributed by atoms with Gasteiger partial charge in [-0.15, -0.1) is 0 Å². The maximum absolute atomic E-state index is 13.7. The van der Waals surface area contributed by atoms with Crippen molar-refractivity contribution in [1.82, 2.24) is 10.2 Å². The molecule has 4 atom stereocenters. The molecular formula is C9H13FN2O4S. The van der Waals surface area contributed by atoms with E-state index in [2.05, 4.69) is 5.32 Å². The van der Waals surface area contributed by atoms with Crippen molar-refractivity contribution in [1.29, 1.82) is 0 Å². The predicted octanol–water partition coefficient (Wildman–Crippen LogP) is -0.855. The van der Waals surface area contributed by atoms with Crippen molar-refractivity contribution in [2.24, 2.45) is 0 Å². The maximum Gasteiger partial charge on any atom is 0.324 e. The molecular weight excluding hydrogens is 251 g/mol. The van der Waals surface area contributed by atoms with Crippen LogP contribution in [0.25, 0.3) is 0 Å². The first-order chi connectivity index (χ1) is 8.04. The zero-order valence-corrected chi connectivity index (χ0v) is 9.69. The van der Waals surface area contributed by atoms with Crippen LogP contribution in [0.3, 0.4) is 0 Å². The number of nitrogens with one attached hydrogen (secondary N) is 1. The third-order valence-electron chi connectivity index (χ3n) is 2.87. The van der Waals surface area contributed by atoms with Crippen LogP contribution >= 0.6 is 12.2 Å². The first-order valence-corrected chi connectivity index (χ1v) is 5.64. The number of hydrogen-bond donors (Lipinski definition) is 3. The molecule has 2 amide bonds. The van der Waals surface area contributed by atoms with Crippen LogP contribution in [0, 0.1) is 0 Å². The van der Waals surface area contributed by atoms with Crippen LogP contribution in [0.1, 0.15) is 6.42 Å². The van der Waals surface area contributed by atoms with Gasteiger partial charge in [-0.2, -0.15) is 0 Å². The second-order valence-corrected chi connectivity index (χ2v) is 4.47. The summed E-state index contributed by atoms with van der Waals surface area (Å²) in [7, 11) is 0. The number of aliphatic hydroxyl groups is 2. The molecule has 0 aromatic carbocycles. The zero-order valence-electron chi connectivity index (χ0n) is 8.88. The summed E-state index contributed by atoms with van der Waals surface area (Å²) in [5.74, 6) is 0. The molecule has 0 aromatic heterocycles. The van der Waals surface area contributed by atoms with Crippen LogP contribution in [0.5, 0.6) is 0 Å². The van der Waals surface area contributed by atoms with Gasteiger partial charge in [0.25, 0.3) is 0 Å². The highest BCUT2D eigenvalue weighted by molar-refractivity contribution is 7.80. The third-order valence-corrected chi connectivity index (χ3v) is 3.17. The molecule has 2 saturated heterocycles. The molecule has 0 unspecified atom stereocenters. The van der Waals surface area contributed by atoms with Crippen molar-refractivity contribution in [2.75, 3.05) is 13.2 Å². The Morgan fingerprint density at radius 2 is 2.35 bits per heavy atom. The number of halogens is 1. The SMILES string of the molecule is O=C1NC(=S)CCN1[C@@H]1O[C@H](CO)[C@@H](O)[C@H]1F. The molecule has 0 aliphatic carbocycles. The molecule has 2 fully saturated rings. The van der Waals surface area contributed by atoms with Gasteiger partial charge in [0.15, 0.2) is 12.4 Å². The van der Waals surface area contributed by atoms with E-state index < -0.39 is 37.2 Å². The lowest BCUT2D eigenvalue weighted by molar-refractivity contribution is -0.0704. The van der Waals surface area contributed by atoms with Gasteiger partial charge in [-0.3, -0.25) is 4.90 Å². The van der Waals surface area contributed by atoms with E-state index in [0.717, 1.165) is 4.90 Å². The molecule has 0 aromatic rings. The van der Waals surface area contributed by atoms with Crippen molar-refractivity contribution in [3.63, 3.8) is 0 Å². The monoisotopic (exact) mass is 264 g/mol. The van der Waals surface area contributed by atoms with Crippen molar-refractivity contribution in [3.8, 4) is 0 Å². The summed E-state index contributed by atoms with van der Waals surface area (Å²) in [4.78, 5) is 13.1. The van der Waals surface area contributed by atoms with Crippen molar-refractivity contribution >= 4 is 23.2 Å². The minimum atomic E-state index is -1.73. The molecule has 2 heterocycles. The molecule has 0 bridgehead atoms. The van der Waals surface area contributed by atoms with E-state index >= 15 is 0 Å². The first kappa shape index (κ1) is 12.6. The van der Waals surface area contributed by atoms with E-state index in [1.807, 2.05) is 0 Å². The third kappa shape index (κ3) is 2.25. The largest absolute Gasteiger partial charge is 0.394 e. The number of amides is 2.